The van der Waals surface area contributed by atoms with Crippen LogP contribution in [-0.4, -0.2) is 23.7 Å². The van der Waals surface area contributed by atoms with Crippen molar-refractivity contribution in [1.29, 1.82) is 5.26 Å². The van der Waals surface area contributed by atoms with Crippen LogP contribution in [0.3, 0.4) is 0 Å². The van der Waals surface area contributed by atoms with Crippen LogP contribution in [-0.2, 0) is 16.1 Å². The van der Waals surface area contributed by atoms with Gasteiger partial charge < -0.3 is 9.84 Å². The van der Waals surface area contributed by atoms with Crippen molar-refractivity contribution in [2.75, 3.05) is 11.4 Å². The highest BCUT2D eigenvalue weighted by Crippen LogP contribution is 2.39. The second-order valence-electron chi connectivity index (χ2n) is 5.83. The number of anilines is 1. The Morgan fingerprint density at radius 1 is 1.24 bits per heavy atom. The van der Waals surface area contributed by atoms with E-state index in [0.29, 0.717) is 16.8 Å². The summed E-state index contributed by atoms with van der Waals surface area (Å²) in [5.41, 5.74) is 2.60. The predicted octanol–water partition coefficient (Wildman–Crippen LogP) is 3.27. The first-order valence-corrected chi connectivity index (χ1v) is 7.82. The molecular formula is C19H16N2O4. The number of rotatable bonds is 4. The van der Waals surface area contributed by atoms with Crippen molar-refractivity contribution in [1.82, 2.24) is 0 Å². The van der Waals surface area contributed by atoms with Gasteiger partial charge >= 0.3 is 12.1 Å². The van der Waals surface area contributed by atoms with E-state index in [-0.39, 0.29) is 25.5 Å². The molecule has 0 bridgehead atoms. The van der Waals surface area contributed by atoms with Crippen molar-refractivity contribution in [3.8, 4) is 6.07 Å². The lowest BCUT2D eigenvalue weighted by atomic mass is 9.96. The number of hydrogen-bond acceptors (Lipinski definition) is 4. The Morgan fingerprint density at radius 3 is 2.68 bits per heavy atom. The van der Waals surface area contributed by atoms with Crippen molar-refractivity contribution < 1.29 is 19.4 Å². The summed E-state index contributed by atoms with van der Waals surface area (Å²) in [6.07, 6.45) is -0.632. The van der Waals surface area contributed by atoms with E-state index in [1.54, 1.807) is 18.2 Å². The highest BCUT2D eigenvalue weighted by Gasteiger charge is 2.34. The summed E-state index contributed by atoms with van der Waals surface area (Å²) in [6.45, 7) is 0.371. The summed E-state index contributed by atoms with van der Waals surface area (Å²) in [5, 5.41) is 18.2. The Kier molecular flexibility index (Phi) is 4.66. The van der Waals surface area contributed by atoms with Crippen molar-refractivity contribution in [3.63, 3.8) is 0 Å². The molecule has 2 aromatic rings. The molecular weight excluding hydrogens is 320 g/mol. The van der Waals surface area contributed by atoms with Gasteiger partial charge in [0.05, 0.1) is 23.7 Å². The molecule has 1 N–H and O–H groups in total. The molecule has 2 aromatic carbocycles. The first-order chi connectivity index (χ1) is 12.1. The second kappa shape index (κ2) is 7.05. The number of amides is 1. The highest BCUT2D eigenvalue weighted by atomic mass is 16.6. The fourth-order valence-corrected chi connectivity index (χ4v) is 2.97. The third-order valence-electron chi connectivity index (χ3n) is 4.14. The van der Waals surface area contributed by atoms with Gasteiger partial charge in [0, 0.05) is 12.5 Å². The Bertz CT molecular complexity index is 842. The molecule has 1 unspecified atom stereocenters. The minimum Gasteiger partial charge on any atom is -0.481 e. The summed E-state index contributed by atoms with van der Waals surface area (Å²) in [4.78, 5) is 25.0. The van der Waals surface area contributed by atoms with E-state index < -0.39 is 12.1 Å². The highest BCUT2D eigenvalue weighted by molar-refractivity contribution is 5.91. The third kappa shape index (κ3) is 3.61. The van der Waals surface area contributed by atoms with Crippen LogP contribution in [0.1, 0.15) is 29.0 Å². The van der Waals surface area contributed by atoms with Crippen LogP contribution < -0.4 is 4.90 Å². The first kappa shape index (κ1) is 16.5. The minimum absolute atomic E-state index is 0.107. The van der Waals surface area contributed by atoms with Crippen molar-refractivity contribution in [2.45, 2.75) is 18.9 Å². The minimum atomic E-state index is -0.946. The molecule has 1 aliphatic rings. The van der Waals surface area contributed by atoms with Crippen molar-refractivity contribution >= 4 is 17.7 Å². The summed E-state index contributed by atoms with van der Waals surface area (Å²) in [5.74, 6) is -1.30. The molecule has 1 aliphatic heterocycles. The average molecular weight is 336 g/mol. The molecule has 0 saturated carbocycles. The van der Waals surface area contributed by atoms with Crippen molar-refractivity contribution in [3.05, 3.63) is 65.2 Å². The smallest absolute Gasteiger partial charge is 0.414 e. The number of carboxylic acid groups (broad SMARTS) is 1. The number of fused-ring (bicyclic) bond motifs is 1. The van der Waals surface area contributed by atoms with Crippen LogP contribution in [0.5, 0.6) is 0 Å². The third-order valence-corrected chi connectivity index (χ3v) is 4.14. The lowest BCUT2D eigenvalue weighted by Gasteiger charge is -2.17. The first-order valence-electron chi connectivity index (χ1n) is 7.82. The zero-order valence-corrected chi connectivity index (χ0v) is 13.4. The molecule has 0 radical (unpaired) electrons. The number of nitrogens with zero attached hydrogens (tertiary/aromatic N) is 2. The van der Waals surface area contributed by atoms with E-state index >= 15 is 0 Å². The molecule has 6 nitrogen and oxygen atoms in total. The fourth-order valence-electron chi connectivity index (χ4n) is 2.97. The topological polar surface area (TPSA) is 90.6 Å². The molecule has 25 heavy (non-hydrogen) atoms. The molecule has 1 heterocycles. The number of carbonyl (C=O) groups is 2. The molecule has 126 valence electrons. The number of benzene rings is 2. The number of carboxylic acids is 1. The largest absolute Gasteiger partial charge is 0.481 e. The van der Waals surface area contributed by atoms with Crippen LogP contribution in [0.2, 0.25) is 0 Å². The van der Waals surface area contributed by atoms with Gasteiger partial charge in [0.25, 0.3) is 0 Å². The van der Waals surface area contributed by atoms with E-state index in [9.17, 15) is 9.59 Å². The normalized spacial score (nSPS) is 15.3. The van der Waals surface area contributed by atoms with Gasteiger partial charge in [-0.3, -0.25) is 9.69 Å². The molecule has 0 spiro atoms. The Morgan fingerprint density at radius 2 is 2.00 bits per heavy atom. The maximum absolute atomic E-state index is 12.5. The van der Waals surface area contributed by atoms with Crippen LogP contribution >= 0.6 is 0 Å². The van der Waals surface area contributed by atoms with Crippen LogP contribution in [0.25, 0.3) is 0 Å². The van der Waals surface area contributed by atoms with Crippen LogP contribution in [0.4, 0.5) is 10.5 Å². The van der Waals surface area contributed by atoms with E-state index in [1.165, 1.54) is 4.90 Å². The molecule has 0 aromatic heterocycles. The summed E-state index contributed by atoms with van der Waals surface area (Å²) in [7, 11) is 0. The van der Waals surface area contributed by atoms with Gasteiger partial charge in [0.15, 0.2) is 0 Å². The lowest BCUT2D eigenvalue weighted by molar-refractivity contribution is -0.137. The SMILES string of the molecule is N#Cc1ccc2c(c1)C(CC(=O)O)CN2C(=O)OCc1ccccc1. The zero-order valence-electron chi connectivity index (χ0n) is 13.4. The Labute approximate surface area is 144 Å². The number of aliphatic carboxylic acids is 1. The Balaban J connectivity index is 1.79. The van der Waals surface area contributed by atoms with Crippen LogP contribution in [0, 0.1) is 11.3 Å². The molecule has 6 heteroatoms. The molecule has 3 rings (SSSR count). The molecule has 0 saturated heterocycles. The maximum atomic E-state index is 12.5. The quantitative estimate of drug-likeness (QED) is 0.925. The number of hydrogen-bond donors (Lipinski definition) is 1. The second-order valence-corrected chi connectivity index (χ2v) is 5.83. The number of ether oxygens (including phenoxy) is 1. The van der Waals surface area contributed by atoms with Crippen LogP contribution in [0.15, 0.2) is 48.5 Å². The molecule has 1 amide bonds. The van der Waals surface area contributed by atoms with E-state index in [2.05, 4.69) is 0 Å². The van der Waals surface area contributed by atoms with Gasteiger partial charge in [-0.05, 0) is 29.3 Å². The molecule has 0 fully saturated rings. The monoisotopic (exact) mass is 336 g/mol. The Hall–Kier alpha value is -3.33. The van der Waals surface area contributed by atoms with E-state index in [4.69, 9.17) is 15.1 Å². The standard InChI is InChI=1S/C19H16N2O4/c20-10-14-6-7-17-16(8-14)15(9-18(22)23)11-21(17)19(24)25-12-13-4-2-1-3-5-13/h1-8,15H,9,11-12H2,(H,22,23). The zero-order chi connectivity index (χ0) is 17.8. The number of nitriles is 1. The van der Waals surface area contributed by atoms with Gasteiger partial charge in [-0.2, -0.15) is 5.26 Å². The number of carbonyl (C=O) groups excluding carboxylic acids is 1. The fraction of sp³-hybridized carbons (Fsp3) is 0.211. The van der Waals surface area contributed by atoms with Gasteiger partial charge in [0.2, 0.25) is 0 Å². The van der Waals surface area contributed by atoms with Gasteiger partial charge in [-0.25, -0.2) is 4.79 Å². The summed E-state index contributed by atoms with van der Waals surface area (Å²) in [6, 6.07) is 16.3. The summed E-state index contributed by atoms with van der Waals surface area (Å²) >= 11 is 0. The summed E-state index contributed by atoms with van der Waals surface area (Å²) < 4.78 is 5.35. The van der Waals surface area contributed by atoms with Gasteiger partial charge in [-0.1, -0.05) is 30.3 Å². The van der Waals surface area contributed by atoms with Crippen molar-refractivity contribution in [2.24, 2.45) is 0 Å². The van der Waals surface area contributed by atoms with Gasteiger partial charge in [0.1, 0.15) is 6.61 Å². The van der Waals surface area contributed by atoms with E-state index in [0.717, 1.165) is 5.56 Å². The lowest BCUT2D eigenvalue weighted by Crippen LogP contribution is -2.30. The van der Waals surface area contributed by atoms with Gasteiger partial charge in [-0.15, -0.1) is 0 Å². The molecule has 0 aliphatic carbocycles. The van der Waals surface area contributed by atoms with E-state index in [1.807, 2.05) is 36.4 Å². The molecule has 1 atom stereocenters. The predicted molar refractivity (Wildman–Crippen MR) is 90.1 cm³/mol. The maximum Gasteiger partial charge on any atom is 0.414 e. The average Bonchev–Trinajstić information content (AvgIpc) is 2.97.